The van der Waals surface area contributed by atoms with Gasteiger partial charge in [-0.05, 0) is 43.9 Å². The molecule has 0 spiro atoms. The Kier molecular flexibility index (Phi) is 2.14. The molecular formula is C11H17NO. The zero-order valence-electron chi connectivity index (χ0n) is 8.12. The molecule has 0 aliphatic heterocycles. The minimum absolute atomic E-state index is 0.261. The Balaban J connectivity index is 2.03. The highest BCUT2D eigenvalue weighted by molar-refractivity contribution is 5.91. The van der Waals surface area contributed by atoms with Crippen molar-refractivity contribution in [2.45, 2.75) is 32.6 Å². The molecule has 72 valence electrons. The second-order valence-corrected chi connectivity index (χ2v) is 4.55. The van der Waals surface area contributed by atoms with Crippen LogP contribution in [0.15, 0.2) is 11.6 Å². The number of hydrogen-bond donors (Lipinski definition) is 1. The minimum atomic E-state index is -0.261. The summed E-state index contributed by atoms with van der Waals surface area (Å²) in [6, 6.07) is 0. The summed E-state index contributed by atoms with van der Waals surface area (Å²) in [6.07, 6.45) is 7.54. The average molecular weight is 179 g/mol. The van der Waals surface area contributed by atoms with Gasteiger partial charge in [-0.2, -0.15) is 0 Å². The van der Waals surface area contributed by atoms with Gasteiger partial charge in [0.15, 0.2) is 0 Å². The predicted octanol–water partition coefficient (Wildman–Crippen LogP) is 1.85. The Bertz CT molecular complexity index is 257. The average Bonchev–Trinajstić information content (AvgIpc) is 2.64. The van der Waals surface area contributed by atoms with Crippen molar-refractivity contribution in [1.29, 1.82) is 0 Å². The lowest BCUT2D eigenvalue weighted by Crippen LogP contribution is -2.15. The Morgan fingerprint density at radius 3 is 2.62 bits per heavy atom. The normalized spacial score (nSPS) is 38.2. The fourth-order valence-electron chi connectivity index (χ4n) is 2.90. The van der Waals surface area contributed by atoms with Gasteiger partial charge in [0.25, 0.3) is 0 Å². The molecule has 0 saturated heterocycles. The summed E-state index contributed by atoms with van der Waals surface area (Å²) in [7, 11) is 0. The number of allylic oxidation sites excluding steroid dienone is 1. The van der Waals surface area contributed by atoms with E-state index in [0.717, 1.165) is 17.4 Å². The molecule has 2 saturated carbocycles. The molecule has 2 N–H and O–H groups in total. The summed E-state index contributed by atoms with van der Waals surface area (Å²) in [4.78, 5) is 10.8. The van der Waals surface area contributed by atoms with Gasteiger partial charge in [0.05, 0.1) is 0 Å². The van der Waals surface area contributed by atoms with Crippen LogP contribution in [0.1, 0.15) is 32.6 Å². The first-order chi connectivity index (χ1) is 6.16. The monoisotopic (exact) mass is 179 g/mol. The van der Waals surface area contributed by atoms with E-state index in [1.54, 1.807) is 0 Å². The van der Waals surface area contributed by atoms with Gasteiger partial charge in [-0.25, -0.2) is 0 Å². The van der Waals surface area contributed by atoms with Crippen LogP contribution in [0, 0.1) is 17.8 Å². The molecule has 0 aromatic carbocycles. The first kappa shape index (κ1) is 8.79. The van der Waals surface area contributed by atoms with E-state index in [-0.39, 0.29) is 5.91 Å². The molecule has 2 heteroatoms. The highest BCUT2D eigenvalue weighted by Crippen LogP contribution is 2.49. The van der Waals surface area contributed by atoms with Gasteiger partial charge >= 0.3 is 0 Å². The predicted molar refractivity (Wildman–Crippen MR) is 51.9 cm³/mol. The highest BCUT2D eigenvalue weighted by Gasteiger charge is 2.38. The number of carbonyl (C=O) groups is 1. The molecule has 2 bridgehead atoms. The zero-order valence-corrected chi connectivity index (χ0v) is 8.12. The fourth-order valence-corrected chi connectivity index (χ4v) is 2.90. The van der Waals surface area contributed by atoms with Crippen LogP contribution >= 0.6 is 0 Å². The number of fused-ring (bicyclic) bond motifs is 2. The molecule has 0 heterocycles. The molecule has 1 amide bonds. The van der Waals surface area contributed by atoms with Crippen molar-refractivity contribution in [2.24, 2.45) is 23.5 Å². The molecule has 3 unspecified atom stereocenters. The van der Waals surface area contributed by atoms with E-state index in [2.05, 4.69) is 6.08 Å². The molecule has 0 aromatic heterocycles. The number of primary amides is 1. The number of nitrogens with two attached hydrogens (primary N) is 1. The van der Waals surface area contributed by atoms with Gasteiger partial charge in [-0.1, -0.05) is 12.5 Å². The van der Waals surface area contributed by atoms with Crippen LogP contribution in [-0.2, 0) is 4.79 Å². The summed E-state index contributed by atoms with van der Waals surface area (Å²) in [5.74, 6) is 2.17. The lowest BCUT2D eigenvalue weighted by atomic mass is 9.87. The number of hydrogen-bond acceptors (Lipinski definition) is 1. The second kappa shape index (κ2) is 3.17. The molecule has 2 nitrogen and oxygen atoms in total. The maximum absolute atomic E-state index is 10.8. The quantitative estimate of drug-likeness (QED) is 0.646. The molecule has 0 radical (unpaired) electrons. The van der Waals surface area contributed by atoms with Crippen LogP contribution in [0.2, 0.25) is 0 Å². The smallest absolute Gasteiger partial charge is 0.244 e. The van der Waals surface area contributed by atoms with Crippen LogP contribution in [0.5, 0.6) is 0 Å². The van der Waals surface area contributed by atoms with E-state index in [1.165, 1.54) is 25.7 Å². The summed E-state index contributed by atoms with van der Waals surface area (Å²) in [5.41, 5.74) is 5.95. The summed E-state index contributed by atoms with van der Waals surface area (Å²) in [6.45, 7) is 1.83. The van der Waals surface area contributed by atoms with E-state index in [1.807, 2.05) is 6.92 Å². The zero-order chi connectivity index (χ0) is 9.42. The van der Waals surface area contributed by atoms with Crippen molar-refractivity contribution in [3.63, 3.8) is 0 Å². The van der Waals surface area contributed by atoms with Crippen molar-refractivity contribution >= 4 is 5.91 Å². The molecule has 13 heavy (non-hydrogen) atoms. The van der Waals surface area contributed by atoms with Crippen molar-refractivity contribution in [2.75, 3.05) is 0 Å². The molecule has 2 aliphatic rings. The lowest BCUT2D eigenvalue weighted by Gasteiger charge is -2.18. The van der Waals surface area contributed by atoms with Crippen LogP contribution in [0.25, 0.3) is 0 Å². The number of carbonyl (C=O) groups excluding carboxylic acids is 1. The molecule has 2 rings (SSSR count). The maximum atomic E-state index is 10.8. The first-order valence-corrected chi connectivity index (χ1v) is 5.15. The van der Waals surface area contributed by atoms with E-state index in [9.17, 15) is 4.79 Å². The van der Waals surface area contributed by atoms with Crippen molar-refractivity contribution in [3.8, 4) is 0 Å². The largest absolute Gasteiger partial charge is 0.366 e. The van der Waals surface area contributed by atoms with Crippen LogP contribution in [0.3, 0.4) is 0 Å². The Hall–Kier alpha value is -0.790. The summed E-state index contributed by atoms with van der Waals surface area (Å²) in [5, 5.41) is 0. The van der Waals surface area contributed by atoms with Gasteiger partial charge in [0.1, 0.15) is 0 Å². The van der Waals surface area contributed by atoms with Crippen molar-refractivity contribution in [3.05, 3.63) is 11.6 Å². The summed E-state index contributed by atoms with van der Waals surface area (Å²) < 4.78 is 0. The van der Waals surface area contributed by atoms with E-state index in [4.69, 9.17) is 5.73 Å². The molecule has 0 aromatic rings. The van der Waals surface area contributed by atoms with Crippen LogP contribution in [0.4, 0.5) is 0 Å². The topological polar surface area (TPSA) is 43.1 Å². The van der Waals surface area contributed by atoms with E-state index < -0.39 is 0 Å². The van der Waals surface area contributed by atoms with E-state index >= 15 is 0 Å². The minimum Gasteiger partial charge on any atom is -0.366 e. The standard InChI is InChI=1S/C11H17NO/c1-7(11(12)13)4-10-6-8-2-3-9(10)5-8/h4,8-10H,2-3,5-6H2,1H3,(H2,12,13)/b7-4+. The third-order valence-electron chi connectivity index (χ3n) is 3.65. The Morgan fingerprint density at radius 2 is 2.15 bits per heavy atom. The van der Waals surface area contributed by atoms with Gasteiger partial charge < -0.3 is 5.73 Å². The van der Waals surface area contributed by atoms with Crippen molar-refractivity contribution in [1.82, 2.24) is 0 Å². The first-order valence-electron chi connectivity index (χ1n) is 5.15. The van der Waals surface area contributed by atoms with Gasteiger partial charge in [0.2, 0.25) is 5.91 Å². The maximum Gasteiger partial charge on any atom is 0.244 e. The Morgan fingerprint density at radius 1 is 1.38 bits per heavy atom. The molecule has 3 atom stereocenters. The Labute approximate surface area is 79.2 Å². The van der Waals surface area contributed by atoms with Crippen molar-refractivity contribution < 1.29 is 4.79 Å². The summed E-state index contributed by atoms with van der Waals surface area (Å²) >= 11 is 0. The number of rotatable bonds is 2. The number of amides is 1. The molecular weight excluding hydrogens is 162 g/mol. The second-order valence-electron chi connectivity index (χ2n) is 4.55. The van der Waals surface area contributed by atoms with Crippen LogP contribution in [-0.4, -0.2) is 5.91 Å². The third-order valence-corrected chi connectivity index (χ3v) is 3.65. The third kappa shape index (κ3) is 1.62. The van der Waals surface area contributed by atoms with Gasteiger partial charge in [-0.15, -0.1) is 0 Å². The fraction of sp³-hybridized carbons (Fsp3) is 0.727. The van der Waals surface area contributed by atoms with Gasteiger partial charge in [0, 0.05) is 5.57 Å². The van der Waals surface area contributed by atoms with Crippen LogP contribution < -0.4 is 5.73 Å². The van der Waals surface area contributed by atoms with E-state index in [0.29, 0.717) is 5.92 Å². The lowest BCUT2D eigenvalue weighted by molar-refractivity contribution is -0.114. The highest BCUT2D eigenvalue weighted by atomic mass is 16.1. The molecule has 2 aliphatic carbocycles. The SMILES string of the molecule is C/C(=C\C1CC2CCC1C2)C(N)=O. The van der Waals surface area contributed by atoms with Gasteiger partial charge in [-0.3, -0.25) is 4.79 Å². The molecule has 2 fully saturated rings.